The summed E-state index contributed by atoms with van der Waals surface area (Å²) in [7, 11) is 0. The number of guanidine groups is 2. The van der Waals surface area contributed by atoms with E-state index in [9.17, 15) is 43.5 Å². The molecular weight excluding hydrogens is 774 g/mol. The number of H-pyrrole nitrogens is 1. The van der Waals surface area contributed by atoms with E-state index in [1.165, 1.54) is 19.4 Å². The number of hydrogen-bond donors (Lipinski definition) is 13. The van der Waals surface area contributed by atoms with Crippen molar-refractivity contribution >= 4 is 59.6 Å². The molecule has 24 nitrogen and oxygen atoms in total. The van der Waals surface area contributed by atoms with Gasteiger partial charge in [-0.05, 0) is 44.9 Å². The first kappa shape index (κ1) is 50.7. The van der Waals surface area contributed by atoms with Gasteiger partial charge in [0.05, 0.1) is 25.4 Å². The van der Waals surface area contributed by atoms with E-state index in [0.717, 1.165) is 0 Å². The molecule has 0 bridgehead atoms. The number of nitrogens with zero attached hydrogens (tertiary/aromatic N) is 3. The summed E-state index contributed by atoms with van der Waals surface area (Å²) < 4.78 is 0. The van der Waals surface area contributed by atoms with Crippen molar-refractivity contribution in [2.24, 2.45) is 50.5 Å². The van der Waals surface area contributed by atoms with Gasteiger partial charge < -0.3 is 75.5 Å². The van der Waals surface area contributed by atoms with E-state index in [4.69, 9.17) is 28.7 Å². The van der Waals surface area contributed by atoms with Crippen LogP contribution in [0.5, 0.6) is 0 Å². The summed E-state index contributed by atoms with van der Waals surface area (Å²) in [6.45, 7) is 6.16. The van der Waals surface area contributed by atoms with Gasteiger partial charge in [0.1, 0.15) is 36.5 Å². The second-order valence-corrected chi connectivity index (χ2v) is 14.3. The number of hydrogen-bond acceptors (Lipinski definition) is 12. The number of rotatable bonds is 28. The van der Waals surface area contributed by atoms with Gasteiger partial charge in [-0.15, -0.1) is 0 Å². The highest BCUT2D eigenvalue weighted by atomic mass is 16.3. The molecular formula is C35H61N15O9. The van der Waals surface area contributed by atoms with Crippen molar-refractivity contribution < 1.29 is 43.5 Å². The van der Waals surface area contributed by atoms with Gasteiger partial charge in [0.15, 0.2) is 11.9 Å². The van der Waals surface area contributed by atoms with Crippen molar-refractivity contribution in [3.63, 3.8) is 0 Å². The zero-order chi connectivity index (χ0) is 44.7. The normalized spacial score (nSPS) is 14.4. The van der Waals surface area contributed by atoms with E-state index >= 15 is 0 Å². The molecule has 0 aliphatic heterocycles. The zero-order valence-electron chi connectivity index (χ0n) is 33.9. The SMILES string of the molecule is CC(C)C[C@H](NC(=O)[C@@H](C)CCCN=C(N)N)C(=O)N[C@@H](Cc1cnc[nH]1)C(=O)N[C@@H](CO)C(=O)N[C@@H](C)C(=O)N[C@@H](CCCN=C(N)N)C(=O)N[C@H](C=O)CC(N)=O. The molecule has 1 aromatic heterocycles. The summed E-state index contributed by atoms with van der Waals surface area (Å²) in [4.78, 5) is 117. The van der Waals surface area contributed by atoms with Crippen molar-refractivity contribution in [1.29, 1.82) is 0 Å². The second-order valence-electron chi connectivity index (χ2n) is 14.3. The monoisotopic (exact) mass is 835 g/mol. The molecule has 0 spiro atoms. The minimum absolute atomic E-state index is 0.0304. The number of carbonyl (C=O) groups is 8. The maximum atomic E-state index is 13.7. The number of aliphatic hydroxyl groups is 1. The summed E-state index contributed by atoms with van der Waals surface area (Å²) >= 11 is 0. The fraction of sp³-hybridized carbons (Fsp3) is 0.629. The molecule has 0 aliphatic carbocycles. The van der Waals surface area contributed by atoms with E-state index in [2.05, 4.69) is 51.9 Å². The van der Waals surface area contributed by atoms with E-state index in [1.807, 2.05) is 13.8 Å². The lowest BCUT2D eigenvalue weighted by atomic mass is 9.99. The summed E-state index contributed by atoms with van der Waals surface area (Å²) in [5.74, 6) is -6.33. The van der Waals surface area contributed by atoms with Gasteiger partial charge in [0.2, 0.25) is 41.4 Å². The Labute approximate surface area is 341 Å². The molecule has 1 aromatic rings. The quantitative estimate of drug-likeness (QED) is 0.0162. The Morgan fingerprint density at radius 2 is 1.24 bits per heavy atom. The number of nitrogens with two attached hydrogens (primary N) is 5. The highest BCUT2D eigenvalue weighted by Gasteiger charge is 2.32. The lowest BCUT2D eigenvalue weighted by Gasteiger charge is -2.26. The summed E-state index contributed by atoms with van der Waals surface area (Å²) in [5.41, 5.74) is 27.0. The van der Waals surface area contributed by atoms with Crippen LogP contribution in [0.4, 0.5) is 0 Å². The molecule has 1 rings (SSSR count). The van der Waals surface area contributed by atoms with Crippen molar-refractivity contribution in [2.75, 3.05) is 19.7 Å². The van der Waals surface area contributed by atoms with Crippen LogP contribution in [0, 0.1) is 11.8 Å². The van der Waals surface area contributed by atoms with Gasteiger partial charge in [0, 0.05) is 37.3 Å². The minimum atomic E-state index is -1.62. The Hall–Kier alpha value is -6.33. The van der Waals surface area contributed by atoms with Crippen LogP contribution in [0.15, 0.2) is 22.5 Å². The number of aromatic amines is 1. The van der Waals surface area contributed by atoms with Crippen LogP contribution in [0.25, 0.3) is 0 Å². The molecule has 7 amide bonds. The average Bonchev–Trinajstić information content (AvgIpc) is 3.68. The Balaban J connectivity index is 3.12. The summed E-state index contributed by atoms with van der Waals surface area (Å²) in [6, 6.07) is -7.89. The van der Waals surface area contributed by atoms with Crippen molar-refractivity contribution in [1.82, 2.24) is 41.9 Å². The molecule has 0 aromatic carbocycles. The molecule has 0 radical (unpaired) electrons. The fourth-order valence-electron chi connectivity index (χ4n) is 5.40. The lowest BCUT2D eigenvalue weighted by Crippen LogP contribution is -2.60. The molecule has 0 saturated heterocycles. The molecule has 0 unspecified atom stereocenters. The number of primary amides is 1. The Morgan fingerprint density at radius 1 is 0.712 bits per heavy atom. The number of aromatic nitrogens is 2. The largest absolute Gasteiger partial charge is 0.394 e. The highest BCUT2D eigenvalue weighted by Crippen LogP contribution is 2.11. The van der Waals surface area contributed by atoms with Gasteiger partial charge in [0.25, 0.3) is 0 Å². The molecule has 1 heterocycles. The van der Waals surface area contributed by atoms with E-state index in [1.54, 1.807) is 6.92 Å². The molecule has 0 aliphatic rings. The molecule has 24 heteroatoms. The third-order valence-electron chi connectivity index (χ3n) is 8.55. The standard InChI is InChI=1S/C35H61N15O9/c1-18(2)11-24(48-28(54)19(3)7-5-9-42-34(37)38)31(57)49-25(12-21-14-41-17-44-21)32(58)50-26(16-52)33(59)45-20(4)29(55)47-23(8-6-10-43-35(39)40)30(56)46-22(15-51)13-27(36)53/h14-15,17-20,22-26,52H,5-13,16H2,1-4H3,(H2,36,53)(H,41,44)(H,45,59)(H,46,56)(H,47,55)(H,48,54)(H,49,57)(H,50,58)(H4,37,38,42)(H4,39,40,43)/t19-,20-,22-,23-,24-,25-,26-/m0/s1. The number of imidazole rings is 1. The zero-order valence-corrected chi connectivity index (χ0v) is 33.9. The van der Waals surface area contributed by atoms with Crippen LogP contribution >= 0.6 is 0 Å². The predicted octanol–water partition coefficient (Wildman–Crippen LogP) is -5.26. The first-order valence-electron chi connectivity index (χ1n) is 19.0. The van der Waals surface area contributed by atoms with Crippen LogP contribution in [-0.2, 0) is 44.8 Å². The van der Waals surface area contributed by atoms with Crippen LogP contribution in [0.2, 0.25) is 0 Å². The Morgan fingerprint density at radius 3 is 1.76 bits per heavy atom. The topological polar surface area (TPSA) is 412 Å². The number of amides is 7. The van der Waals surface area contributed by atoms with Crippen LogP contribution in [0.1, 0.15) is 71.9 Å². The fourth-order valence-corrected chi connectivity index (χ4v) is 5.40. The number of carbonyl (C=O) groups excluding carboxylic acids is 8. The van der Waals surface area contributed by atoms with Crippen LogP contribution in [-0.4, -0.2) is 131 Å². The maximum absolute atomic E-state index is 13.7. The number of aliphatic hydroxyl groups excluding tert-OH is 1. The van der Waals surface area contributed by atoms with Gasteiger partial charge in [-0.2, -0.15) is 0 Å². The third kappa shape index (κ3) is 20.6. The Kier molecular flexibility index (Phi) is 22.8. The number of nitrogens with one attached hydrogen (secondary N) is 7. The number of aldehydes is 1. The van der Waals surface area contributed by atoms with E-state index < -0.39 is 96.5 Å². The predicted molar refractivity (Wildman–Crippen MR) is 215 cm³/mol. The van der Waals surface area contributed by atoms with E-state index in [-0.39, 0.29) is 50.1 Å². The van der Waals surface area contributed by atoms with Crippen LogP contribution < -0.4 is 60.6 Å². The molecule has 0 fully saturated rings. The molecule has 330 valence electrons. The van der Waals surface area contributed by atoms with Crippen LogP contribution in [0.3, 0.4) is 0 Å². The molecule has 7 atom stereocenters. The van der Waals surface area contributed by atoms with Crippen molar-refractivity contribution in [3.8, 4) is 0 Å². The molecule has 0 saturated carbocycles. The average molecular weight is 836 g/mol. The first-order valence-corrected chi connectivity index (χ1v) is 19.0. The van der Waals surface area contributed by atoms with Crippen molar-refractivity contribution in [2.45, 2.75) is 109 Å². The highest BCUT2D eigenvalue weighted by molar-refractivity contribution is 5.97. The Bertz CT molecular complexity index is 1610. The van der Waals surface area contributed by atoms with Gasteiger partial charge >= 0.3 is 0 Å². The van der Waals surface area contributed by atoms with Gasteiger partial charge in [-0.1, -0.05) is 20.8 Å². The van der Waals surface area contributed by atoms with Gasteiger partial charge in [-0.3, -0.25) is 43.5 Å². The lowest BCUT2D eigenvalue weighted by molar-refractivity contribution is -0.136. The smallest absolute Gasteiger partial charge is 0.245 e. The minimum Gasteiger partial charge on any atom is -0.394 e. The summed E-state index contributed by atoms with van der Waals surface area (Å²) in [5, 5.41) is 25.0. The molecule has 59 heavy (non-hydrogen) atoms. The van der Waals surface area contributed by atoms with Crippen molar-refractivity contribution in [3.05, 3.63) is 18.2 Å². The summed E-state index contributed by atoms with van der Waals surface area (Å²) in [6.07, 6.45) is 3.81. The first-order chi connectivity index (χ1) is 27.8. The maximum Gasteiger partial charge on any atom is 0.245 e. The second kappa shape index (κ2) is 26.6. The molecule has 18 N–H and O–H groups in total. The van der Waals surface area contributed by atoms with E-state index in [0.29, 0.717) is 31.4 Å². The third-order valence-corrected chi connectivity index (χ3v) is 8.55. The number of aliphatic imine (C=N–C) groups is 2. The van der Waals surface area contributed by atoms with Gasteiger partial charge in [-0.25, -0.2) is 4.98 Å².